The number of benzene rings is 1. The van der Waals surface area contributed by atoms with Gasteiger partial charge in [0, 0.05) is 18.4 Å². The summed E-state index contributed by atoms with van der Waals surface area (Å²) in [5.74, 6) is 0.207. The van der Waals surface area contributed by atoms with E-state index < -0.39 is 10.0 Å². The molecule has 7 heteroatoms. The van der Waals surface area contributed by atoms with Crippen molar-refractivity contribution in [2.24, 2.45) is 0 Å². The van der Waals surface area contributed by atoms with Crippen LogP contribution >= 0.6 is 0 Å². The highest BCUT2D eigenvalue weighted by Gasteiger charge is 2.18. The predicted octanol–water partition coefficient (Wildman–Crippen LogP) is 1.64. The maximum absolute atomic E-state index is 12.3. The largest absolute Gasteiger partial charge is 0.385 e. The number of sulfonamides is 1. The molecule has 2 heterocycles. The maximum atomic E-state index is 12.3. The van der Waals surface area contributed by atoms with Gasteiger partial charge in [-0.05, 0) is 42.7 Å². The molecular formula is C13H14N4O2S. The molecular weight excluding hydrogens is 276 g/mol. The number of hydrogen-bond donors (Lipinski definition) is 2. The van der Waals surface area contributed by atoms with E-state index in [-0.39, 0.29) is 10.7 Å². The molecule has 0 amide bonds. The number of nitrogens with zero attached hydrogens (tertiary/aromatic N) is 2. The zero-order valence-corrected chi connectivity index (χ0v) is 11.5. The summed E-state index contributed by atoms with van der Waals surface area (Å²) in [5, 5.41) is 10.6. The predicted molar refractivity (Wildman–Crippen MR) is 76.1 cm³/mol. The topological polar surface area (TPSA) is 84.0 Å². The molecule has 2 aromatic rings. The Labute approximate surface area is 117 Å². The Kier molecular flexibility index (Phi) is 3.27. The summed E-state index contributed by atoms with van der Waals surface area (Å²) in [4.78, 5) is 0.219. The highest BCUT2D eigenvalue weighted by atomic mass is 32.2. The smallest absolute Gasteiger partial charge is 0.263 e. The van der Waals surface area contributed by atoms with Gasteiger partial charge in [-0.25, -0.2) is 8.42 Å². The van der Waals surface area contributed by atoms with Gasteiger partial charge >= 0.3 is 0 Å². The summed E-state index contributed by atoms with van der Waals surface area (Å²) in [7, 11) is -3.64. The molecule has 6 nitrogen and oxygen atoms in total. The summed E-state index contributed by atoms with van der Waals surface area (Å²) in [5.41, 5.74) is 2.04. The van der Waals surface area contributed by atoms with Crippen molar-refractivity contribution >= 4 is 21.5 Å². The van der Waals surface area contributed by atoms with Crippen molar-refractivity contribution < 1.29 is 8.42 Å². The average Bonchev–Trinajstić information content (AvgIpc) is 2.47. The van der Waals surface area contributed by atoms with Crippen molar-refractivity contribution in [2.45, 2.75) is 17.7 Å². The van der Waals surface area contributed by atoms with Crippen LogP contribution in [0.3, 0.4) is 0 Å². The molecule has 0 saturated heterocycles. The van der Waals surface area contributed by atoms with E-state index in [9.17, 15) is 8.42 Å². The van der Waals surface area contributed by atoms with Crippen molar-refractivity contribution in [1.29, 1.82) is 0 Å². The Balaban J connectivity index is 1.91. The highest BCUT2D eigenvalue weighted by molar-refractivity contribution is 7.92. The van der Waals surface area contributed by atoms with Crippen molar-refractivity contribution in [3.63, 3.8) is 0 Å². The molecule has 1 aromatic heterocycles. The summed E-state index contributed by atoms with van der Waals surface area (Å²) < 4.78 is 27.0. The van der Waals surface area contributed by atoms with Gasteiger partial charge in [0.25, 0.3) is 10.0 Å². The monoisotopic (exact) mass is 290 g/mol. The Morgan fingerprint density at radius 3 is 2.95 bits per heavy atom. The number of aromatic nitrogens is 2. The second kappa shape index (κ2) is 5.09. The van der Waals surface area contributed by atoms with E-state index in [1.807, 2.05) is 6.07 Å². The van der Waals surface area contributed by atoms with Gasteiger partial charge in [0.05, 0.1) is 4.90 Å². The third-order valence-corrected chi connectivity index (χ3v) is 4.49. The van der Waals surface area contributed by atoms with Crippen LogP contribution in [0.1, 0.15) is 12.0 Å². The lowest BCUT2D eigenvalue weighted by Crippen LogP contribution is -2.16. The summed E-state index contributed by atoms with van der Waals surface area (Å²) in [6.45, 7) is 0.869. The van der Waals surface area contributed by atoms with Gasteiger partial charge in [-0.15, -0.1) is 5.10 Å². The lowest BCUT2D eigenvalue weighted by molar-refractivity contribution is 0.601. The standard InChI is InChI=1S/C13H14N4O2S/c18-20(19,17-13-4-2-8-15-16-13)11-6-5-10-3-1-7-14-12(10)9-11/h2,4-6,8-9,14H,1,3,7H2,(H,16,17). The molecule has 1 aliphatic heterocycles. The number of anilines is 2. The molecule has 3 rings (SSSR count). The zero-order chi connectivity index (χ0) is 14.0. The van der Waals surface area contributed by atoms with Gasteiger partial charge in [-0.2, -0.15) is 5.10 Å². The van der Waals surface area contributed by atoms with Crippen LogP contribution in [0.5, 0.6) is 0 Å². The Morgan fingerprint density at radius 2 is 2.15 bits per heavy atom. The van der Waals surface area contributed by atoms with Crippen LogP contribution in [0.25, 0.3) is 0 Å². The molecule has 20 heavy (non-hydrogen) atoms. The second-order valence-corrected chi connectivity index (χ2v) is 6.25. The second-order valence-electron chi connectivity index (χ2n) is 4.56. The zero-order valence-electron chi connectivity index (χ0n) is 10.7. The summed E-state index contributed by atoms with van der Waals surface area (Å²) in [6.07, 6.45) is 3.53. The third-order valence-electron chi connectivity index (χ3n) is 3.14. The number of fused-ring (bicyclic) bond motifs is 1. The van der Waals surface area contributed by atoms with Crippen molar-refractivity contribution in [2.75, 3.05) is 16.6 Å². The van der Waals surface area contributed by atoms with Gasteiger partial charge in [0.2, 0.25) is 0 Å². The summed E-state index contributed by atoms with van der Waals surface area (Å²) >= 11 is 0. The average molecular weight is 290 g/mol. The Morgan fingerprint density at radius 1 is 1.25 bits per heavy atom. The summed E-state index contributed by atoms with van der Waals surface area (Å²) in [6, 6.07) is 8.31. The van der Waals surface area contributed by atoms with Crippen LogP contribution in [0.4, 0.5) is 11.5 Å². The fourth-order valence-corrected chi connectivity index (χ4v) is 3.18. The van der Waals surface area contributed by atoms with Gasteiger partial charge in [-0.3, -0.25) is 4.72 Å². The molecule has 0 bridgehead atoms. The number of hydrogen-bond acceptors (Lipinski definition) is 5. The molecule has 104 valence electrons. The van der Waals surface area contributed by atoms with E-state index in [4.69, 9.17) is 0 Å². The van der Waals surface area contributed by atoms with Crippen LogP contribution in [0, 0.1) is 0 Å². The maximum Gasteiger partial charge on any atom is 0.263 e. The minimum absolute atomic E-state index is 0.207. The van der Waals surface area contributed by atoms with Crippen molar-refractivity contribution in [3.8, 4) is 0 Å². The first kappa shape index (κ1) is 12.9. The minimum atomic E-state index is -3.64. The first-order valence-corrected chi connectivity index (χ1v) is 7.81. The number of nitrogens with one attached hydrogen (secondary N) is 2. The SMILES string of the molecule is O=S(=O)(Nc1cccnn1)c1ccc2c(c1)NCCC2. The quantitative estimate of drug-likeness (QED) is 0.897. The molecule has 0 saturated carbocycles. The number of aryl methyl sites for hydroxylation is 1. The number of rotatable bonds is 3. The third kappa shape index (κ3) is 2.57. The molecule has 0 fully saturated rings. The highest BCUT2D eigenvalue weighted by Crippen LogP contribution is 2.25. The molecule has 0 atom stereocenters. The van der Waals surface area contributed by atoms with Crippen LogP contribution in [-0.2, 0) is 16.4 Å². The van der Waals surface area contributed by atoms with E-state index >= 15 is 0 Å². The van der Waals surface area contributed by atoms with Gasteiger partial charge in [0.15, 0.2) is 5.82 Å². The first-order chi connectivity index (χ1) is 9.65. The molecule has 0 spiro atoms. The molecule has 2 N–H and O–H groups in total. The normalized spacial score (nSPS) is 14.2. The van der Waals surface area contributed by atoms with Crippen molar-refractivity contribution in [3.05, 3.63) is 42.1 Å². The lowest BCUT2D eigenvalue weighted by atomic mass is 10.0. The first-order valence-electron chi connectivity index (χ1n) is 6.32. The van der Waals surface area contributed by atoms with Crippen LogP contribution < -0.4 is 10.0 Å². The van der Waals surface area contributed by atoms with Crippen LogP contribution in [0.15, 0.2) is 41.4 Å². The van der Waals surface area contributed by atoms with Crippen LogP contribution in [0.2, 0.25) is 0 Å². The van der Waals surface area contributed by atoms with Gasteiger partial charge in [0.1, 0.15) is 0 Å². The molecule has 0 aliphatic carbocycles. The molecule has 1 aromatic carbocycles. The molecule has 1 aliphatic rings. The fraction of sp³-hybridized carbons (Fsp3) is 0.231. The van der Waals surface area contributed by atoms with Crippen LogP contribution in [-0.4, -0.2) is 25.2 Å². The van der Waals surface area contributed by atoms with E-state index in [2.05, 4.69) is 20.2 Å². The molecule has 0 unspecified atom stereocenters. The molecule has 0 radical (unpaired) electrons. The van der Waals surface area contributed by atoms with E-state index in [1.165, 1.54) is 6.20 Å². The van der Waals surface area contributed by atoms with E-state index in [0.717, 1.165) is 30.6 Å². The Bertz CT molecular complexity index is 716. The Hall–Kier alpha value is -2.15. The minimum Gasteiger partial charge on any atom is -0.385 e. The lowest BCUT2D eigenvalue weighted by Gasteiger charge is -2.18. The van der Waals surface area contributed by atoms with Crippen molar-refractivity contribution in [1.82, 2.24) is 10.2 Å². The van der Waals surface area contributed by atoms with Gasteiger partial charge in [-0.1, -0.05) is 6.07 Å². The van der Waals surface area contributed by atoms with E-state index in [1.54, 1.807) is 24.3 Å². The van der Waals surface area contributed by atoms with Gasteiger partial charge < -0.3 is 5.32 Å². The fourth-order valence-electron chi connectivity index (χ4n) is 2.16. The van der Waals surface area contributed by atoms with E-state index in [0.29, 0.717) is 0 Å².